The Morgan fingerprint density at radius 1 is 1.19 bits per heavy atom. The third kappa shape index (κ3) is 6.04. The molecule has 0 aliphatic carbocycles. The highest BCUT2D eigenvalue weighted by Crippen LogP contribution is 2.31. The van der Waals surface area contributed by atoms with E-state index in [1.165, 1.54) is 11.1 Å². The van der Waals surface area contributed by atoms with Gasteiger partial charge in [0.15, 0.2) is 0 Å². The third-order valence-electron chi connectivity index (χ3n) is 7.03. The first-order chi connectivity index (χ1) is 17.8. The Kier molecular flexibility index (Phi) is 8.00. The zero-order valence-electron chi connectivity index (χ0n) is 22.0. The van der Waals surface area contributed by atoms with E-state index in [0.717, 1.165) is 60.4 Å². The van der Waals surface area contributed by atoms with Gasteiger partial charge >= 0.3 is 0 Å². The number of aromatic nitrogens is 2. The lowest BCUT2D eigenvalue weighted by molar-refractivity contribution is 0.0827. The van der Waals surface area contributed by atoms with Gasteiger partial charge in [-0.15, -0.1) is 0 Å². The molecule has 0 spiro atoms. The molecule has 0 radical (unpaired) electrons. The van der Waals surface area contributed by atoms with E-state index in [1.54, 1.807) is 37.5 Å². The molecule has 0 unspecified atom stereocenters. The maximum Gasteiger partial charge on any atom is 0.253 e. The van der Waals surface area contributed by atoms with Gasteiger partial charge in [-0.1, -0.05) is 23.8 Å². The Bertz CT molecular complexity index is 1350. The van der Waals surface area contributed by atoms with E-state index in [9.17, 15) is 10.1 Å². The van der Waals surface area contributed by atoms with E-state index in [0.29, 0.717) is 11.5 Å². The van der Waals surface area contributed by atoms with Crippen LogP contribution in [0.25, 0.3) is 17.2 Å². The Morgan fingerprint density at radius 3 is 2.54 bits per heavy atom. The molecule has 1 aromatic carbocycles. The number of nitrogens with two attached hydrogens (primary N) is 1. The van der Waals surface area contributed by atoms with Crippen LogP contribution in [-0.2, 0) is 0 Å². The summed E-state index contributed by atoms with van der Waals surface area (Å²) in [7, 11) is 3.55. The molecule has 4 rings (SSSR count). The number of likely N-dealkylation sites (tertiary alicyclic amines) is 1. The summed E-state index contributed by atoms with van der Waals surface area (Å²) in [5, 5.41) is 9.37. The summed E-state index contributed by atoms with van der Waals surface area (Å²) < 4.78 is 0. The van der Waals surface area contributed by atoms with Crippen LogP contribution >= 0.6 is 0 Å². The highest BCUT2D eigenvalue weighted by atomic mass is 16.2. The molecule has 0 atom stereocenters. The Morgan fingerprint density at radius 2 is 1.89 bits per heavy atom. The van der Waals surface area contributed by atoms with Crippen molar-refractivity contribution in [1.29, 1.82) is 5.26 Å². The second-order valence-corrected chi connectivity index (χ2v) is 9.99. The zero-order chi connectivity index (χ0) is 26.5. The standard InChI is InChI=1S/C30H34N6O/c1-20(15-28-21(2)33-12-9-27(28)26-16-25(17-31)29(32)34-18-26)19-36-13-10-23(11-14-36)22-5-7-24(8-6-22)30(37)35(3)4/h5-9,12,15-16,18,23H,10-11,13-14,19H2,1-4H3,(H2,32,34)/b20-15+. The molecule has 0 bridgehead atoms. The van der Waals surface area contributed by atoms with Gasteiger partial charge in [-0.3, -0.25) is 14.7 Å². The van der Waals surface area contributed by atoms with Crippen LogP contribution in [0.2, 0.25) is 0 Å². The summed E-state index contributed by atoms with van der Waals surface area (Å²) >= 11 is 0. The Balaban J connectivity index is 1.43. The van der Waals surface area contributed by atoms with Crippen LogP contribution in [0.4, 0.5) is 5.82 Å². The summed E-state index contributed by atoms with van der Waals surface area (Å²) in [6.07, 6.45) is 7.89. The van der Waals surface area contributed by atoms with E-state index >= 15 is 0 Å². The fourth-order valence-corrected chi connectivity index (χ4v) is 4.95. The number of nitrogen functional groups attached to an aromatic ring is 1. The fourth-order valence-electron chi connectivity index (χ4n) is 4.95. The Hall–Kier alpha value is -4.02. The first-order valence-corrected chi connectivity index (χ1v) is 12.6. The molecule has 37 heavy (non-hydrogen) atoms. The van der Waals surface area contributed by atoms with Gasteiger partial charge < -0.3 is 10.6 Å². The summed E-state index contributed by atoms with van der Waals surface area (Å²) in [5.74, 6) is 0.795. The molecule has 7 heteroatoms. The lowest BCUT2D eigenvalue weighted by Crippen LogP contribution is -2.34. The predicted octanol–water partition coefficient (Wildman–Crippen LogP) is 4.89. The molecule has 3 aromatic rings. The van der Waals surface area contributed by atoms with E-state index in [4.69, 9.17) is 5.73 Å². The molecular formula is C30H34N6O. The van der Waals surface area contributed by atoms with Crippen LogP contribution in [0.5, 0.6) is 0 Å². The molecule has 2 N–H and O–H groups in total. The highest BCUT2D eigenvalue weighted by Gasteiger charge is 2.21. The van der Waals surface area contributed by atoms with Gasteiger partial charge in [-0.25, -0.2) is 4.98 Å². The summed E-state index contributed by atoms with van der Waals surface area (Å²) in [4.78, 5) is 25.0. The average molecular weight is 495 g/mol. The highest BCUT2D eigenvalue weighted by molar-refractivity contribution is 5.93. The number of piperidine rings is 1. The molecule has 1 amide bonds. The number of hydrogen-bond acceptors (Lipinski definition) is 6. The summed E-state index contributed by atoms with van der Waals surface area (Å²) in [6, 6.07) is 14.0. The smallest absolute Gasteiger partial charge is 0.253 e. The summed E-state index contributed by atoms with van der Waals surface area (Å²) in [5.41, 5.74) is 13.3. The van der Waals surface area contributed by atoms with Gasteiger partial charge in [0.2, 0.25) is 0 Å². The first-order valence-electron chi connectivity index (χ1n) is 12.6. The molecule has 7 nitrogen and oxygen atoms in total. The topological polar surface area (TPSA) is 99.1 Å². The van der Waals surface area contributed by atoms with E-state index in [2.05, 4.69) is 46.1 Å². The minimum atomic E-state index is 0.0359. The molecule has 190 valence electrons. The monoisotopic (exact) mass is 494 g/mol. The van der Waals surface area contributed by atoms with Crippen LogP contribution in [0.3, 0.4) is 0 Å². The third-order valence-corrected chi connectivity index (χ3v) is 7.03. The normalized spacial score (nSPS) is 14.8. The molecule has 1 aliphatic rings. The fraction of sp³-hybridized carbons (Fsp3) is 0.333. The zero-order valence-corrected chi connectivity index (χ0v) is 22.0. The van der Waals surface area contributed by atoms with Gasteiger partial charge in [-0.05, 0) is 81.1 Å². The van der Waals surface area contributed by atoms with Crippen molar-refractivity contribution in [2.75, 3.05) is 39.5 Å². The van der Waals surface area contributed by atoms with Gasteiger partial charge in [0.05, 0.1) is 5.56 Å². The maximum absolute atomic E-state index is 12.2. The number of nitriles is 1. The van der Waals surface area contributed by atoms with Gasteiger partial charge in [0, 0.05) is 55.4 Å². The second kappa shape index (κ2) is 11.4. The van der Waals surface area contributed by atoms with E-state index < -0.39 is 0 Å². The molecule has 1 aliphatic heterocycles. The van der Waals surface area contributed by atoms with Crippen molar-refractivity contribution in [2.45, 2.75) is 32.6 Å². The van der Waals surface area contributed by atoms with Crippen LogP contribution in [0.1, 0.15) is 58.4 Å². The number of aryl methyl sites for hydroxylation is 1. The number of carbonyl (C=O) groups is 1. The van der Waals surface area contributed by atoms with Gasteiger partial charge in [0.1, 0.15) is 11.9 Å². The lowest BCUT2D eigenvalue weighted by Gasteiger charge is -2.32. The predicted molar refractivity (Wildman–Crippen MR) is 148 cm³/mol. The van der Waals surface area contributed by atoms with Gasteiger partial charge in [0.25, 0.3) is 5.91 Å². The van der Waals surface area contributed by atoms with Crippen molar-refractivity contribution >= 4 is 17.8 Å². The molecular weight excluding hydrogens is 460 g/mol. The Labute approximate surface area is 219 Å². The molecule has 1 fully saturated rings. The van der Waals surface area contributed by atoms with Crippen LogP contribution in [0.15, 0.2) is 54.4 Å². The van der Waals surface area contributed by atoms with Crippen LogP contribution in [0, 0.1) is 18.3 Å². The number of benzene rings is 1. The molecule has 0 saturated carbocycles. The van der Waals surface area contributed by atoms with Crippen molar-refractivity contribution in [3.63, 3.8) is 0 Å². The number of hydrogen-bond donors (Lipinski definition) is 1. The number of rotatable bonds is 6. The van der Waals surface area contributed by atoms with Crippen molar-refractivity contribution in [1.82, 2.24) is 19.8 Å². The van der Waals surface area contributed by atoms with Crippen LogP contribution in [-0.4, -0.2) is 59.4 Å². The number of nitrogens with zero attached hydrogens (tertiary/aromatic N) is 5. The van der Waals surface area contributed by atoms with Crippen molar-refractivity contribution in [3.8, 4) is 17.2 Å². The lowest BCUT2D eigenvalue weighted by atomic mass is 9.88. The summed E-state index contributed by atoms with van der Waals surface area (Å²) in [6.45, 7) is 7.10. The van der Waals surface area contributed by atoms with E-state index in [1.807, 2.05) is 25.1 Å². The number of anilines is 1. The maximum atomic E-state index is 12.2. The van der Waals surface area contributed by atoms with Crippen molar-refractivity contribution in [2.24, 2.45) is 0 Å². The molecule has 1 saturated heterocycles. The second-order valence-electron chi connectivity index (χ2n) is 9.99. The number of carbonyl (C=O) groups excluding carboxylic acids is 1. The molecule has 3 heterocycles. The minimum Gasteiger partial charge on any atom is -0.383 e. The van der Waals surface area contributed by atoms with Crippen molar-refractivity contribution in [3.05, 3.63) is 82.3 Å². The molecule has 2 aromatic heterocycles. The minimum absolute atomic E-state index is 0.0359. The van der Waals surface area contributed by atoms with Crippen LogP contribution < -0.4 is 5.73 Å². The largest absolute Gasteiger partial charge is 0.383 e. The SMILES string of the molecule is C/C(=C\c1c(-c2cnc(N)c(C#N)c2)ccnc1C)CN1CCC(c2ccc(C(=O)N(C)C)cc2)CC1. The number of pyridine rings is 2. The van der Waals surface area contributed by atoms with Crippen molar-refractivity contribution < 1.29 is 4.79 Å². The number of amides is 1. The van der Waals surface area contributed by atoms with Gasteiger partial charge in [-0.2, -0.15) is 5.26 Å². The quantitative estimate of drug-likeness (QED) is 0.524. The average Bonchev–Trinajstić information content (AvgIpc) is 2.90. The first kappa shape index (κ1) is 26.1. The van der Waals surface area contributed by atoms with E-state index in [-0.39, 0.29) is 11.7 Å².